The Morgan fingerprint density at radius 3 is 2.50 bits per heavy atom. The predicted molar refractivity (Wildman–Crippen MR) is 126 cm³/mol. The van der Waals surface area contributed by atoms with E-state index < -0.39 is 11.6 Å². The summed E-state index contributed by atoms with van der Waals surface area (Å²) in [6.07, 6.45) is 1.58. The van der Waals surface area contributed by atoms with Crippen LogP contribution < -0.4 is 14.8 Å². The van der Waals surface area contributed by atoms with Crippen molar-refractivity contribution in [1.82, 2.24) is 30.4 Å². The van der Waals surface area contributed by atoms with Gasteiger partial charge in [-0.05, 0) is 57.0 Å². The first-order valence-electron chi connectivity index (χ1n) is 11.4. The molecule has 0 bridgehead atoms. The fourth-order valence-corrected chi connectivity index (χ4v) is 3.46. The van der Waals surface area contributed by atoms with Crippen molar-refractivity contribution in [2.75, 3.05) is 27.4 Å². The van der Waals surface area contributed by atoms with Crippen molar-refractivity contribution in [3.05, 3.63) is 18.2 Å². The number of aliphatic hydroxyl groups excluding tert-OH is 1. The Hall–Kier alpha value is -3.21. The minimum atomic E-state index is -0.655. The van der Waals surface area contributed by atoms with Crippen LogP contribution in [0.15, 0.2) is 18.2 Å². The molecule has 0 radical (unpaired) electrons. The van der Waals surface area contributed by atoms with Gasteiger partial charge in [0.25, 0.3) is 0 Å². The molecule has 0 saturated heterocycles. The predicted octanol–water partition coefficient (Wildman–Crippen LogP) is 1.65. The van der Waals surface area contributed by atoms with Crippen LogP contribution in [0.3, 0.4) is 0 Å². The van der Waals surface area contributed by atoms with Gasteiger partial charge in [0.05, 0.1) is 14.2 Å². The lowest BCUT2D eigenvalue weighted by atomic mass is 10.0. The Labute approximate surface area is 200 Å². The lowest BCUT2D eigenvalue weighted by Crippen LogP contribution is -2.54. The lowest BCUT2D eigenvalue weighted by Gasteiger charge is -2.33. The molecule has 1 heterocycles. The van der Waals surface area contributed by atoms with Crippen molar-refractivity contribution in [2.24, 2.45) is 0 Å². The third kappa shape index (κ3) is 7.41. The lowest BCUT2D eigenvalue weighted by molar-refractivity contribution is -0.142. The summed E-state index contributed by atoms with van der Waals surface area (Å²) in [5.74, 6) is 0.871. The van der Waals surface area contributed by atoms with Gasteiger partial charge in [-0.1, -0.05) is 13.3 Å². The van der Waals surface area contributed by atoms with Crippen molar-refractivity contribution in [1.29, 1.82) is 0 Å². The molecule has 11 heteroatoms. The second-order valence-corrected chi connectivity index (χ2v) is 8.92. The van der Waals surface area contributed by atoms with E-state index in [2.05, 4.69) is 20.7 Å². The maximum atomic E-state index is 13.2. The summed E-state index contributed by atoms with van der Waals surface area (Å²) in [4.78, 5) is 28.9. The van der Waals surface area contributed by atoms with Crippen molar-refractivity contribution >= 4 is 11.8 Å². The van der Waals surface area contributed by atoms with E-state index in [9.17, 15) is 14.7 Å². The van der Waals surface area contributed by atoms with E-state index in [1.54, 1.807) is 25.3 Å². The molecule has 1 unspecified atom stereocenters. The number of tetrazole rings is 1. The van der Waals surface area contributed by atoms with Gasteiger partial charge in [0.15, 0.2) is 11.5 Å². The smallest absolute Gasteiger partial charge is 0.246 e. The Bertz CT molecular complexity index is 956. The summed E-state index contributed by atoms with van der Waals surface area (Å²) in [6, 6.07) is 4.58. The molecule has 0 spiro atoms. The summed E-state index contributed by atoms with van der Waals surface area (Å²) in [5, 5.41) is 24.7. The molecule has 34 heavy (non-hydrogen) atoms. The molecule has 1 aromatic carbocycles. The highest BCUT2D eigenvalue weighted by Crippen LogP contribution is 2.30. The van der Waals surface area contributed by atoms with Crippen LogP contribution in [-0.4, -0.2) is 81.0 Å². The van der Waals surface area contributed by atoms with Gasteiger partial charge < -0.3 is 24.8 Å². The van der Waals surface area contributed by atoms with E-state index in [-0.39, 0.29) is 31.5 Å². The largest absolute Gasteiger partial charge is 0.493 e. The zero-order valence-electron chi connectivity index (χ0n) is 20.9. The van der Waals surface area contributed by atoms with Crippen LogP contribution in [0, 0.1) is 0 Å². The van der Waals surface area contributed by atoms with Gasteiger partial charge in [-0.2, -0.15) is 4.80 Å². The highest BCUT2D eigenvalue weighted by Gasteiger charge is 2.31. The average molecular weight is 477 g/mol. The molecule has 188 valence electrons. The molecule has 0 aliphatic rings. The monoisotopic (exact) mass is 476 g/mol. The number of hydrogen-bond acceptors (Lipinski definition) is 8. The van der Waals surface area contributed by atoms with Crippen LogP contribution in [0.25, 0.3) is 11.4 Å². The van der Waals surface area contributed by atoms with Crippen LogP contribution in [0.1, 0.15) is 47.0 Å². The number of benzene rings is 1. The fourth-order valence-electron chi connectivity index (χ4n) is 3.46. The molecule has 0 saturated carbocycles. The number of carbonyl (C=O) groups excluding carboxylic acids is 2. The summed E-state index contributed by atoms with van der Waals surface area (Å²) < 4.78 is 10.6. The number of nitrogens with zero attached hydrogens (tertiary/aromatic N) is 5. The van der Waals surface area contributed by atoms with Gasteiger partial charge >= 0.3 is 0 Å². The maximum Gasteiger partial charge on any atom is 0.246 e. The molecular weight excluding hydrogens is 440 g/mol. The molecule has 11 nitrogen and oxygen atoms in total. The maximum absolute atomic E-state index is 13.2. The molecule has 2 N–H and O–H groups in total. The van der Waals surface area contributed by atoms with Crippen LogP contribution >= 0.6 is 0 Å². The van der Waals surface area contributed by atoms with Crippen molar-refractivity contribution in [2.45, 2.75) is 65.1 Å². The molecular formula is C23H36N6O5. The zero-order chi connectivity index (χ0) is 25.3. The van der Waals surface area contributed by atoms with E-state index >= 15 is 0 Å². The van der Waals surface area contributed by atoms with Crippen LogP contribution in [-0.2, 0) is 16.1 Å². The minimum Gasteiger partial charge on any atom is -0.493 e. The number of aliphatic hydroxyl groups is 1. The summed E-state index contributed by atoms with van der Waals surface area (Å²) >= 11 is 0. The highest BCUT2D eigenvalue weighted by atomic mass is 16.5. The van der Waals surface area contributed by atoms with Crippen molar-refractivity contribution < 1.29 is 24.2 Å². The Balaban J connectivity index is 2.24. The van der Waals surface area contributed by atoms with Crippen LogP contribution in [0.5, 0.6) is 11.5 Å². The van der Waals surface area contributed by atoms with Gasteiger partial charge in [-0.15, -0.1) is 10.2 Å². The molecule has 0 fully saturated rings. The summed E-state index contributed by atoms with van der Waals surface area (Å²) in [7, 11) is 3.09. The second-order valence-electron chi connectivity index (χ2n) is 8.92. The molecule has 0 aliphatic heterocycles. The number of hydrogen-bond donors (Lipinski definition) is 2. The fraction of sp³-hybridized carbons (Fsp3) is 0.609. The van der Waals surface area contributed by atoms with Gasteiger partial charge in [0.2, 0.25) is 17.6 Å². The summed E-state index contributed by atoms with van der Waals surface area (Å²) in [6.45, 7) is 7.60. The number of ether oxygens (including phenoxy) is 2. The van der Waals surface area contributed by atoms with Crippen molar-refractivity contribution in [3.63, 3.8) is 0 Å². The number of rotatable bonds is 12. The Morgan fingerprint density at radius 1 is 1.21 bits per heavy atom. The van der Waals surface area contributed by atoms with Crippen LogP contribution in [0.4, 0.5) is 0 Å². The molecule has 0 aliphatic carbocycles. The topological polar surface area (TPSA) is 132 Å². The van der Waals surface area contributed by atoms with Crippen LogP contribution in [0.2, 0.25) is 0 Å². The van der Waals surface area contributed by atoms with E-state index in [0.717, 1.165) is 6.42 Å². The number of amides is 2. The summed E-state index contributed by atoms with van der Waals surface area (Å²) in [5.41, 5.74) is 0.221. The third-order valence-electron chi connectivity index (χ3n) is 4.99. The van der Waals surface area contributed by atoms with Gasteiger partial charge in [-0.3, -0.25) is 9.59 Å². The second kappa shape index (κ2) is 12.3. The first-order valence-corrected chi connectivity index (χ1v) is 11.4. The van der Waals surface area contributed by atoms with E-state index in [1.807, 2.05) is 27.7 Å². The normalized spacial score (nSPS) is 12.2. The van der Waals surface area contributed by atoms with E-state index in [1.165, 1.54) is 16.8 Å². The number of methoxy groups -OCH3 is 2. The number of carbonyl (C=O) groups is 2. The van der Waals surface area contributed by atoms with E-state index in [4.69, 9.17) is 9.47 Å². The van der Waals surface area contributed by atoms with Gasteiger partial charge in [-0.25, -0.2) is 0 Å². The quantitative estimate of drug-likeness (QED) is 0.473. The molecule has 2 rings (SSSR count). The highest BCUT2D eigenvalue weighted by molar-refractivity contribution is 5.88. The standard InChI is InChI=1S/C23H36N6O5/c1-7-9-17(22(32)24-23(2,3)4)28(12-8-13-30)20(31)15-29-26-21(25-27-29)16-10-11-18(33-5)19(14-16)34-6/h10-11,14,17,30H,7-9,12-13,15H2,1-6H3,(H,24,32). The first-order chi connectivity index (χ1) is 16.1. The van der Waals surface area contributed by atoms with Gasteiger partial charge in [0, 0.05) is 24.3 Å². The molecule has 1 aromatic heterocycles. The molecule has 1 atom stereocenters. The van der Waals surface area contributed by atoms with Gasteiger partial charge in [0.1, 0.15) is 12.6 Å². The molecule has 2 amide bonds. The van der Waals surface area contributed by atoms with E-state index in [0.29, 0.717) is 35.7 Å². The first kappa shape index (κ1) is 27.0. The Kier molecular flexibility index (Phi) is 9.79. The SMILES string of the molecule is CCCC(C(=O)NC(C)(C)C)N(CCCO)C(=O)Cn1nnc(-c2ccc(OC)c(OC)c2)n1. The Morgan fingerprint density at radius 2 is 1.91 bits per heavy atom. The number of nitrogens with one attached hydrogen (secondary N) is 1. The minimum absolute atomic E-state index is 0.0887. The average Bonchev–Trinajstić information content (AvgIpc) is 3.25. The number of aromatic nitrogens is 4. The zero-order valence-corrected chi connectivity index (χ0v) is 20.9. The van der Waals surface area contributed by atoms with Crippen molar-refractivity contribution in [3.8, 4) is 22.9 Å². The molecule has 2 aromatic rings. The third-order valence-corrected chi connectivity index (χ3v) is 4.99.